The maximum atomic E-state index is 12.1. The van der Waals surface area contributed by atoms with Gasteiger partial charge in [0.05, 0.1) is 10.6 Å². The molecule has 1 aromatic heterocycles. The summed E-state index contributed by atoms with van der Waals surface area (Å²) in [5.41, 5.74) is 1.24. The van der Waals surface area contributed by atoms with E-state index in [4.69, 9.17) is 11.6 Å². The molecule has 2 aromatic carbocycles. The molecule has 1 heterocycles. The molecule has 1 N–H and O–H groups in total. The maximum Gasteiger partial charge on any atom is 0.270 e. The van der Waals surface area contributed by atoms with Crippen molar-refractivity contribution in [1.29, 1.82) is 0 Å². The summed E-state index contributed by atoms with van der Waals surface area (Å²) in [5.74, 6) is 0.507. The van der Waals surface area contributed by atoms with Crippen LogP contribution >= 0.6 is 34.7 Å². The molecule has 6 nitrogen and oxygen atoms in total. The smallest absolute Gasteiger partial charge is 0.270 e. The van der Waals surface area contributed by atoms with E-state index in [1.54, 1.807) is 29.3 Å². The summed E-state index contributed by atoms with van der Waals surface area (Å²) in [4.78, 5) is 27.9. The number of nitro groups is 1. The second-order valence-electron chi connectivity index (χ2n) is 5.45. The van der Waals surface area contributed by atoms with E-state index in [0.29, 0.717) is 33.6 Å². The van der Waals surface area contributed by atoms with Crippen LogP contribution in [0.3, 0.4) is 0 Å². The highest BCUT2D eigenvalue weighted by Crippen LogP contribution is 2.27. The molecule has 0 saturated heterocycles. The van der Waals surface area contributed by atoms with Gasteiger partial charge in [-0.3, -0.25) is 14.9 Å². The van der Waals surface area contributed by atoms with Crippen LogP contribution in [0.5, 0.6) is 0 Å². The van der Waals surface area contributed by atoms with E-state index in [-0.39, 0.29) is 11.6 Å². The first-order chi connectivity index (χ1) is 13.0. The molecule has 138 valence electrons. The SMILES string of the molecule is O=C(CCSc1ccc(Cl)cc1)Nc1nc(-c2cccc([N+](=O)[O-])c2)cs1. The van der Waals surface area contributed by atoms with Crippen molar-refractivity contribution in [2.24, 2.45) is 0 Å². The van der Waals surface area contributed by atoms with Crippen LogP contribution in [0, 0.1) is 10.1 Å². The van der Waals surface area contributed by atoms with E-state index >= 15 is 0 Å². The predicted molar refractivity (Wildman–Crippen MR) is 110 cm³/mol. The summed E-state index contributed by atoms with van der Waals surface area (Å²) in [7, 11) is 0. The van der Waals surface area contributed by atoms with Crippen molar-refractivity contribution in [2.75, 3.05) is 11.1 Å². The highest BCUT2D eigenvalue weighted by Gasteiger charge is 2.11. The highest BCUT2D eigenvalue weighted by atomic mass is 35.5. The number of nitrogens with one attached hydrogen (secondary N) is 1. The van der Waals surface area contributed by atoms with E-state index < -0.39 is 4.92 Å². The van der Waals surface area contributed by atoms with Crippen LogP contribution in [0.1, 0.15) is 6.42 Å². The molecule has 3 aromatic rings. The molecule has 1 amide bonds. The number of halogens is 1. The van der Waals surface area contributed by atoms with Gasteiger partial charge in [0.1, 0.15) is 0 Å². The number of hydrogen-bond donors (Lipinski definition) is 1. The number of benzene rings is 2. The van der Waals surface area contributed by atoms with Crippen LogP contribution < -0.4 is 5.32 Å². The minimum absolute atomic E-state index is 0.00492. The fraction of sp³-hybridized carbons (Fsp3) is 0.111. The van der Waals surface area contributed by atoms with Gasteiger partial charge in [-0.05, 0) is 24.3 Å². The van der Waals surface area contributed by atoms with Crippen molar-refractivity contribution in [1.82, 2.24) is 4.98 Å². The summed E-state index contributed by atoms with van der Waals surface area (Å²) < 4.78 is 0. The Bertz CT molecular complexity index is 960. The molecule has 0 aliphatic carbocycles. The topological polar surface area (TPSA) is 85.1 Å². The lowest BCUT2D eigenvalue weighted by Crippen LogP contribution is -2.11. The second kappa shape index (κ2) is 8.98. The summed E-state index contributed by atoms with van der Waals surface area (Å²) in [6.07, 6.45) is 0.346. The van der Waals surface area contributed by atoms with Gasteiger partial charge in [0.15, 0.2) is 5.13 Å². The molecule has 0 atom stereocenters. The standard InChI is InChI=1S/C18H14ClN3O3S2/c19-13-4-6-15(7-5-13)26-9-8-17(23)21-18-20-16(11-27-18)12-2-1-3-14(10-12)22(24)25/h1-7,10-11H,8-9H2,(H,20,21,23). The Morgan fingerprint density at radius 1 is 1.26 bits per heavy atom. The van der Waals surface area contributed by atoms with Crippen molar-refractivity contribution in [3.63, 3.8) is 0 Å². The van der Waals surface area contributed by atoms with Gasteiger partial charge in [-0.2, -0.15) is 0 Å². The fourth-order valence-electron chi connectivity index (χ4n) is 2.22. The quantitative estimate of drug-likeness (QED) is 0.311. The highest BCUT2D eigenvalue weighted by molar-refractivity contribution is 7.99. The zero-order valence-electron chi connectivity index (χ0n) is 13.9. The van der Waals surface area contributed by atoms with Crippen LogP contribution in [0.2, 0.25) is 5.02 Å². The predicted octanol–water partition coefficient (Wildman–Crippen LogP) is 5.49. The molecule has 27 heavy (non-hydrogen) atoms. The summed E-state index contributed by atoms with van der Waals surface area (Å²) in [6, 6.07) is 13.7. The largest absolute Gasteiger partial charge is 0.302 e. The molecule has 0 unspecified atom stereocenters. The first-order valence-corrected chi connectivity index (χ1v) is 10.1. The molecule has 0 saturated carbocycles. The van der Waals surface area contributed by atoms with Crippen LogP contribution in [0.15, 0.2) is 58.8 Å². The zero-order chi connectivity index (χ0) is 19.2. The van der Waals surface area contributed by atoms with Gasteiger partial charge in [-0.25, -0.2) is 4.98 Å². The minimum atomic E-state index is -0.448. The molecule has 3 rings (SSSR count). The molecule has 0 spiro atoms. The van der Waals surface area contributed by atoms with Crippen LogP contribution in [0.4, 0.5) is 10.8 Å². The number of anilines is 1. The average Bonchev–Trinajstić information content (AvgIpc) is 3.12. The average molecular weight is 420 g/mol. The Balaban J connectivity index is 1.54. The maximum absolute atomic E-state index is 12.1. The van der Waals surface area contributed by atoms with Crippen molar-refractivity contribution in [3.8, 4) is 11.3 Å². The molecule has 0 fully saturated rings. The number of amides is 1. The minimum Gasteiger partial charge on any atom is -0.302 e. The molecular weight excluding hydrogens is 406 g/mol. The second-order valence-corrected chi connectivity index (χ2v) is 7.91. The lowest BCUT2D eigenvalue weighted by atomic mass is 10.1. The van der Waals surface area contributed by atoms with E-state index in [0.717, 1.165) is 4.90 Å². The van der Waals surface area contributed by atoms with Crippen molar-refractivity contribution < 1.29 is 9.72 Å². The Kier molecular flexibility index (Phi) is 6.44. The summed E-state index contributed by atoms with van der Waals surface area (Å²) in [5, 5.41) is 16.6. The number of carbonyl (C=O) groups excluding carboxylic acids is 1. The third-order valence-electron chi connectivity index (χ3n) is 3.51. The van der Waals surface area contributed by atoms with Gasteiger partial charge < -0.3 is 5.32 Å². The van der Waals surface area contributed by atoms with Crippen molar-refractivity contribution in [2.45, 2.75) is 11.3 Å². The lowest BCUT2D eigenvalue weighted by molar-refractivity contribution is -0.384. The van der Waals surface area contributed by atoms with E-state index in [2.05, 4.69) is 10.3 Å². The number of thiazole rings is 1. The molecule has 0 aliphatic heterocycles. The first kappa shape index (κ1) is 19.3. The van der Waals surface area contributed by atoms with Crippen LogP contribution in [0.25, 0.3) is 11.3 Å². The molecule has 0 radical (unpaired) electrons. The van der Waals surface area contributed by atoms with E-state index in [1.807, 2.05) is 24.3 Å². The zero-order valence-corrected chi connectivity index (χ0v) is 16.3. The van der Waals surface area contributed by atoms with Gasteiger partial charge in [0.2, 0.25) is 5.91 Å². The van der Waals surface area contributed by atoms with Crippen LogP contribution in [-0.4, -0.2) is 21.6 Å². The molecular formula is C18H14ClN3O3S2. The van der Waals surface area contributed by atoms with E-state index in [9.17, 15) is 14.9 Å². The third-order valence-corrected chi connectivity index (χ3v) is 5.54. The number of hydrogen-bond acceptors (Lipinski definition) is 6. The Hall–Kier alpha value is -2.42. The number of thioether (sulfide) groups is 1. The number of nitrogens with zero attached hydrogens (tertiary/aromatic N) is 2. The lowest BCUT2D eigenvalue weighted by Gasteiger charge is -2.03. The number of rotatable bonds is 7. The van der Waals surface area contributed by atoms with Gasteiger partial charge in [0, 0.05) is 45.2 Å². The number of non-ortho nitro benzene ring substituents is 1. The Labute approximate surface area is 168 Å². The van der Waals surface area contributed by atoms with Gasteiger partial charge in [0.25, 0.3) is 5.69 Å². The molecule has 9 heteroatoms. The van der Waals surface area contributed by atoms with Gasteiger partial charge >= 0.3 is 0 Å². The monoisotopic (exact) mass is 419 g/mol. The van der Waals surface area contributed by atoms with Crippen molar-refractivity contribution >= 4 is 51.4 Å². The summed E-state index contributed by atoms with van der Waals surface area (Å²) in [6.45, 7) is 0. The Morgan fingerprint density at radius 2 is 2.04 bits per heavy atom. The number of aromatic nitrogens is 1. The fourth-order valence-corrected chi connectivity index (χ4v) is 3.93. The first-order valence-electron chi connectivity index (χ1n) is 7.90. The molecule has 0 bridgehead atoms. The van der Waals surface area contributed by atoms with Crippen molar-refractivity contribution in [3.05, 3.63) is 69.0 Å². The number of nitro benzene ring substituents is 1. The number of carbonyl (C=O) groups is 1. The summed E-state index contributed by atoms with van der Waals surface area (Å²) >= 11 is 8.70. The molecule has 0 aliphatic rings. The van der Waals surface area contributed by atoms with Gasteiger partial charge in [-0.1, -0.05) is 23.7 Å². The third kappa shape index (κ3) is 5.53. The normalized spacial score (nSPS) is 10.6. The van der Waals surface area contributed by atoms with E-state index in [1.165, 1.54) is 23.5 Å². The Morgan fingerprint density at radius 3 is 2.78 bits per heavy atom. The van der Waals surface area contributed by atoms with Crippen LogP contribution in [-0.2, 0) is 4.79 Å². The van der Waals surface area contributed by atoms with Gasteiger partial charge in [-0.15, -0.1) is 23.1 Å².